The van der Waals surface area contributed by atoms with Crippen molar-refractivity contribution in [2.45, 2.75) is 31.3 Å². The van der Waals surface area contributed by atoms with Gasteiger partial charge in [0.2, 0.25) is 0 Å². The SMILES string of the molecule is COc1cc(C(CC(=O)O)C2CC2)ccc1OC1CSC1. The molecule has 1 aromatic carbocycles. The second-order valence-electron chi connectivity index (χ2n) is 5.73. The molecule has 1 aromatic rings. The van der Waals surface area contributed by atoms with Crippen LogP contribution in [0, 0.1) is 5.92 Å². The van der Waals surface area contributed by atoms with Crippen molar-refractivity contribution in [3.05, 3.63) is 23.8 Å². The molecule has 1 aliphatic heterocycles. The highest BCUT2D eigenvalue weighted by Gasteiger charge is 2.34. The summed E-state index contributed by atoms with van der Waals surface area (Å²) in [5.41, 5.74) is 1.05. The first-order valence-electron chi connectivity index (χ1n) is 7.31. The molecule has 1 heterocycles. The van der Waals surface area contributed by atoms with Crippen LogP contribution in [0.1, 0.15) is 30.7 Å². The molecule has 0 bridgehead atoms. The molecule has 1 aliphatic carbocycles. The Morgan fingerprint density at radius 1 is 1.38 bits per heavy atom. The van der Waals surface area contributed by atoms with E-state index in [0.29, 0.717) is 11.7 Å². The third-order valence-electron chi connectivity index (χ3n) is 4.10. The predicted molar refractivity (Wildman–Crippen MR) is 82.5 cm³/mol. The van der Waals surface area contributed by atoms with E-state index in [4.69, 9.17) is 14.6 Å². The molecule has 1 unspecified atom stereocenters. The van der Waals surface area contributed by atoms with Crippen LogP contribution >= 0.6 is 11.8 Å². The van der Waals surface area contributed by atoms with Crippen molar-refractivity contribution in [3.8, 4) is 11.5 Å². The Labute approximate surface area is 128 Å². The van der Waals surface area contributed by atoms with Crippen molar-refractivity contribution in [1.82, 2.24) is 0 Å². The molecular weight excluding hydrogens is 288 g/mol. The zero-order chi connectivity index (χ0) is 14.8. The van der Waals surface area contributed by atoms with Gasteiger partial charge in [0.25, 0.3) is 0 Å². The van der Waals surface area contributed by atoms with Gasteiger partial charge in [-0.2, -0.15) is 11.8 Å². The number of carboxylic acid groups (broad SMARTS) is 1. The van der Waals surface area contributed by atoms with Crippen LogP contribution in [0.2, 0.25) is 0 Å². The average molecular weight is 308 g/mol. The molecule has 1 saturated carbocycles. The summed E-state index contributed by atoms with van der Waals surface area (Å²) in [5.74, 6) is 3.36. The number of thioether (sulfide) groups is 1. The van der Waals surface area contributed by atoms with E-state index in [1.165, 1.54) is 0 Å². The fraction of sp³-hybridized carbons (Fsp3) is 0.562. The Morgan fingerprint density at radius 2 is 2.14 bits per heavy atom. The van der Waals surface area contributed by atoms with Crippen molar-refractivity contribution in [2.24, 2.45) is 5.92 Å². The van der Waals surface area contributed by atoms with Crippen molar-refractivity contribution >= 4 is 17.7 Å². The molecule has 1 atom stereocenters. The molecule has 0 aromatic heterocycles. The second kappa shape index (κ2) is 6.18. The number of hydrogen-bond acceptors (Lipinski definition) is 4. The van der Waals surface area contributed by atoms with Crippen LogP contribution in [0.5, 0.6) is 11.5 Å². The second-order valence-corrected chi connectivity index (χ2v) is 6.80. The maximum atomic E-state index is 11.1. The van der Waals surface area contributed by atoms with Crippen LogP contribution < -0.4 is 9.47 Å². The first-order valence-corrected chi connectivity index (χ1v) is 8.47. The van der Waals surface area contributed by atoms with Crippen molar-refractivity contribution in [2.75, 3.05) is 18.6 Å². The van der Waals surface area contributed by atoms with Crippen molar-refractivity contribution < 1.29 is 19.4 Å². The minimum absolute atomic E-state index is 0.0877. The van der Waals surface area contributed by atoms with Gasteiger partial charge in [-0.1, -0.05) is 6.07 Å². The summed E-state index contributed by atoms with van der Waals surface area (Å²) in [6, 6.07) is 5.87. The number of carboxylic acids is 1. The van der Waals surface area contributed by atoms with Gasteiger partial charge < -0.3 is 14.6 Å². The fourth-order valence-electron chi connectivity index (χ4n) is 2.72. The smallest absolute Gasteiger partial charge is 0.303 e. The van der Waals surface area contributed by atoms with E-state index in [1.54, 1.807) is 7.11 Å². The summed E-state index contributed by atoms with van der Waals surface area (Å²) in [7, 11) is 1.63. The Hall–Kier alpha value is -1.36. The number of benzene rings is 1. The minimum atomic E-state index is -0.738. The molecule has 1 saturated heterocycles. The standard InChI is InChI=1S/C16H20O4S/c1-19-15-6-11(13(7-16(17)18)10-2-3-10)4-5-14(15)20-12-8-21-9-12/h4-6,10,12-13H,2-3,7-9H2,1H3,(H,17,18). The quantitative estimate of drug-likeness (QED) is 0.838. The highest BCUT2D eigenvalue weighted by atomic mass is 32.2. The lowest BCUT2D eigenvalue weighted by atomic mass is 9.91. The maximum absolute atomic E-state index is 11.1. The monoisotopic (exact) mass is 308 g/mol. The lowest BCUT2D eigenvalue weighted by Gasteiger charge is -2.27. The van der Waals surface area contributed by atoms with E-state index in [9.17, 15) is 4.79 Å². The number of ether oxygens (including phenoxy) is 2. The van der Waals surface area contributed by atoms with Gasteiger partial charge in [-0.3, -0.25) is 4.79 Å². The average Bonchev–Trinajstić information content (AvgIpc) is 3.24. The van der Waals surface area contributed by atoms with Gasteiger partial charge in [0, 0.05) is 11.5 Å². The minimum Gasteiger partial charge on any atom is -0.493 e. The van der Waals surface area contributed by atoms with Gasteiger partial charge >= 0.3 is 5.97 Å². The summed E-state index contributed by atoms with van der Waals surface area (Å²) in [6.45, 7) is 0. The molecular formula is C16H20O4S. The third kappa shape index (κ3) is 3.46. The molecule has 5 heteroatoms. The zero-order valence-corrected chi connectivity index (χ0v) is 12.9. The van der Waals surface area contributed by atoms with Crippen LogP contribution in [-0.2, 0) is 4.79 Å². The van der Waals surface area contributed by atoms with Gasteiger partial charge in [0.05, 0.1) is 13.5 Å². The Morgan fingerprint density at radius 3 is 2.67 bits per heavy atom. The number of aliphatic carboxylic acids is 1. The summed E-state index contributed by atoms with van der Waals surface area (Å²) < 4.78 is 11.3. The molecule has 0 radical (unpaired) electrons. The van der Waals surface area contributed by atoms with Crippen LogP contribution in [0.15, 0.2) is 18.2 Å². The molecule has 2 fully saturated rings. The normalized spacial score (nSPS) is 19.7. The van der Waals surface area contributed by atoms with Crippen LogP contribution in [0.25, 0.3) is 0 Å². The van der Waals surface area contributed by atoms with Gasteiger partial charge in [0.15, 0.2) is 11.5 Å². The molecule has 0 amide bonds. The van der Waals surface area contributed by atoms with E-state index >= 15 is 0 Å². The van der Waals surface area contributed by atoms with E-state index in [2.05, 4.69) is 0 Å². The van der Waals surface area contributed by atoms with Gasteiger partial charge in [0.1, 0.15) is 6.10 Å². The van der Waals surface area contributed by atoms with Gasteiger partial charge in [-0.05, 0) is 42.4 Å². The Balaban J connectivity index is 1.79. The highest BCUT2D eigenvalue weighted by Crippen LogP contribution is 2.46. The summed E-state index contributed by atoms with van der Waals surface area (Å²) in [6.07, 6.45) is 2.70. The first-order chi connectivity index (χ1) is 10.2. The number of rotatable bonds is 7. The van der Waals surface area contributed by atoms with Crippen molar-refractivity contribution in [1.29, 1.82) is 0 Å². The van der Waals surface area contributed by atoms with Crippen LogP contribution in [-0.4, -0.2) is 35.8 Å². The van der Waals surface area contributed by atoms with E-state index in [1.807, 2.05) is 30.0 Å². The lowest BCUT2D eigenvalue weighted by molar-refractivity contribution is -0.137. The largest absolute Gasteiger partial charge is 0.493 e. The maximum Gasteiger partial charge on any atom is 0.303 e. The lowest BCUT2D eigenvalue weighted by Crippen LogP contribution is -2.31. The molecule has 3 rings (SSSR count). The molecule has 0 spiro atoms. The molecule has 4 nitrogen and oxygen atoms in total. The van der Waals surface area contributed by atoms with E-state index in [-0.39, 0.29) is 18.4 Å². The van der Waals surface area contributed by atoms with Crippen LogP contribution in [0.3, 0.4) is 0 Å². The Kier molecular flexibility index (Phi) is 4.29. The molecule has 114 valence electrons. The number of methoxy groups -OCH3 is 1. The number of carbonyl (C=O) groups is 1. The van der Waals surface area contributed by atoms with E-state index in [0.717, 1.165) is 35.7 Å². The molecule has 2 aliphatic rings. The zero-order valence-electron chi connectivity index (χ0n) is 12.1. The number of hydrogen-bond donors (Lipinski definition) is 1. The Bertz CT molecular complexity index is 523. The molecule has 1 N–H and O–H groups in total. The molecule has 21 heavy (non-hydrogen) atoms. The highest BCUT2D eigenvalue weighted by molar-refractivity contribution is 8.00. The summed E-state index contributed by atoms with van der Waals surface area (Å²) >= 11 is 1.87. The fourth-order valence-corrected chi connectivity index (χ4v) is 3.28. The van der Waals surface area contributed by atoms with Gasteiger partial charge in [-0.25, -0.2) is 0 Å². The van der Waals surface area contributed by atoms with Crippen molar-refractivity contribution in [3.63, 3.8) is 0 Å². The predicted octanol–water partition coefficient (Wildman–Crippen LogP) is 3.16. The van der Waals surface area contributed by atoms with Gasteiger partial charge in [-0.15, -0.1) is 0 Å². The summed E-state index contributed by atoms with van der Waals surface area (Å²) in [4.78, 5) is 11.1. The third-order valence-corrected chi connectivity index (χ3v) is 5.32. The topological polar surface area (TPSA) is 55.8 Å². The summed E-state index contributed by atoms with van der Waals surface area (Å²) in [5, 5.41) is 9.10. The van der Waals surface area contributed by atoms with Crippen LogP contribution in [0.4, 0.5) is 0 Å². The van der Waals surface area contributed by atoms with E-state index < -0.39 is 5.97 Å². The first kappa shape index (κ1) is 14.6.